The predicted octanol–water partition coefficient (Wildman–Crippen LogP) is 1.15. The molecule has 0 amide bonds. The van der Waals surface area contributed by atoms with Gasteiger partial charge in [-0.2, -0.15) is 0 Å². The topological polar surface area (TPSA) is 90.1 Å². The van der Waals surface area contributed by atoms with Gasteiger partial charge in [0.05, 0.1) is 20.6 Å². The fourth-order valence-electron chi connectivity index (χ4n) is 1.97. The Balaban J connectivity index is 2.59. The number of ether oxygens (including phenoxy) is 2. The van der Waals surface area contributed by atoms with Gasteiger partial charge in [0.2, 0.25) is 0 Å². The monoisotopic (exact) mass is 278 g/mol. The summed E-state index contributed by atoms with van der Waals surface area (Å²) in [6, 6.07) is 3.43. The minimum atomic E-state index is -0.927. The van der Waals surface area contributed by atoms with E-state index in [1.807, 2.05) is 0 Å². The molecule has 0 spiro atoms. The molecule has 7 heteroatoms. The van der Waals surface area contributed by atoms with Gasteiger partial charge in [-0.15, -0.1) is 0 Å². The Kier molecular flexibility index (Phi) is 3.88. The molecule has 0 bridgehead atoms. The highest BCUT2D eigenvalue weighted by Crippen LogP contribution is 2.25. The smallest absolute Gasteiger partial charge is 0.359 e. The van der Waals surface area contributed by atoms with Crippen LogP contribution in [0.1, 0.15) is 22.7 Å². The average Bonchev–Trinajstić information content (AvgIpc) is 2.83. The van der Waals surface area contributed by atoms with Crippen molar-refractivity contribution in [2.45, 2.75) is 12.8 Å². The second-order valence-electron chi connectivity index (χ2n) is 4.06. The third-order valence-corrected chi connectivity index (χ3v) is 2.86. The second-order valence-corrected chi connectivity index (χ2v) is 4.06. The first-order chi connectivity index (χ1) is 9.58. The summed E-state index contributed by atoms with van der Waals surface area (Å²) in [5.74, 6) is -0.568. The standard InChI is InChI=1S/C13H14N2O5/c1-19-8-4-3-7-15-9(5-6-10(16)17)14-11(12(8)15)13(18)20-2/h3-4,7H,5-6H2,1-2H3,(H,16,17). The van der Waals surface area contributed by atoms with Crippen LogP contribution in [0.2, 0.25) is 0 Å². The van der Waals surface area contributed by atoms with Crippen LogP contribution in [0.5, 0.6) is 5.75 Å². The maximum absolute atomic E-state index is 11.8. The van der Waals surface area contributed by atoms with Gasteiger partial charge in [0.25, 0.3) is 0 Å². The lowest BCUT2D eigenvalue weighted by Crippen LogP contribution is -2.03. The number of methoxy groups -OCH3 is 2. The number of hydrogen-bond donors (Lipinski definition) is 1. The van der Waals surface area contributed by atoms with E-state index in [4.69, 9.17) is 14.6 Å². The molecule has 0 saturated carbocycles. The van der Waals surface area contributed by atoms with Crippen molar-refractivity contribution in [3.05, 3.63) is 29.8 Å². The van der Waals surface area contributed by atoms with E-state index in [2.05, 4.69) is 4.98 Å². The zero-order chi connectivity index (χ0) is 14.7. The number of pyridine rings is 1. The molecule has 0 aliphatic rings. The molecule has 1 N–H and O–H groups in total. The molecular weight excluding hydrogens is 264 g/mol. The molecule has 0 atom stereocenters. The summed E-state index contributed by atoms with van der Waals surface area (Å²) in [5.41, 5.74) is 0.590. The lowest BCUT2D eigenvalue weighted by molar-refractivity contribution is -0.137. The first-order valence-corrected chi connectivity index (χ1v) is 5.92. The minimum Gasteiger partial charge on any atom is -0.494 e. The Morgan fingerprint density at radius 2 is 2.15 bits per heavy atom. The van der Waals surface area contributed by atoms with E-state index in [1.165, 1.54) is 14.2 Å². The molecule has 0 aromatic carbocycles. The minimum absolute atomic E-state index is 0.0725. The number of nitrogens with zero attached hydrogens (tertiary/aromatic N) is 2. The van der Waals surface area contributed by atoms with Crippen LogP contribution in [0.3, 0.4) is 0 Å². The summed E-state index contributed by atoms with van der Waals surface area (Å²) in [7, 11) is 2.75. The van der Waals surface area contributed by atoms with Crippen molar-refractivity contribution in [1.29, 1.82) is 0 Å². The summed E-state index contributed by atoms with van der Waals surface area (Å²) >= 11 is 0. The number of carbonyl (C=O) groups is 2. The zero-order valence-corrected chi connectivity index (χ0v) is 11.1. The molecule has 0 aliphatic carbocycles. The maximum atomic E-state index is 11.8. The molecule has 0 saturated heterocycles. The van der Waals surface area contributed by atoms with Crippen molar-refractivity contribution in [3.63, 3.8) is 0 Å². The van der Waals surface area contributed by atoms with Crippen molar-refractivity contribution in [1.82, 2.24) is 9.38 Å². The number of rotatable bonds is 5. The quantitative estimate of drug-likeness (QED) is 0.825. The molecule has 0 fully saturated rings. The number of imidazole rings is 1. The number of aromatic nitrogens is 2. The number of aryl methyl sites for hydroxylation is 1. The first kappa shape index (κ1) is 13.9. The Hall–Kier alpha value is -2.57. The van der Waals surface area contributed by atoms with E-state index >= 15 is 0 Å². The number of fused-ring (bicyclic) bond motifs is 1. The van der Waals surface area contributed by atoms with Crippen LogP contribution in [-0.2, 0) is 16.0 Å². The lowest BCUT2D eigenvalue weighted by atomic mass is 10.3. The van der Waals surface area contributed by atoms with Crippen molar-refractivity contribution in [2.24, 2.45) is 0 Å². The normalized spacial score (nSPS) is 10.5. The fraction of sp³-hybridized carbons (Fsp3) is 0.308. The fourth-order valence-corrected chi connectivity index (χ4v) is 1.97. The molecular formula is C13H14N2O5. The van der Waals surface area contributed by atoms with Crippen molar-refractivity contribution in [3.8, 4) is 5.75 Å². The van der Waals surface area contributed by atoms with Gasteiger partial charge in [-0.3, -0.25) is 9.20 Å². The predicted molar refractivity (Wildman–Crippen MR) is 69.0 cm³/mol. The van der Waals surface area contributed by atoms with Gasteiger partial charge in [-0.1, -0.05) is 0 Å². The molecule has 106 valence electrons. The van der Waals surface area contributed by atoms with Crippen LogP contribution in [-0.4, -0.2) is 40.6 Å². The Morgan fingerprint density at radius 3 is 2.75 bits per heavy atom. The number of carbonyl (C=O) groups excluding carboxylic acids is 1. The number of carboxylic acids is 1. The molecule has 2 heterocycles. The van der Waals surface area contributed by atoms with Gasteiger partial charge in [0.1, 0.15) is 17.1 Å². The number of aliphatic carboxylic acids is 1. The summed E-state index contributed by atoms with van der Waals surface area (Å²) < 4.78 is 11.6. The van der Waals surface area contributed by atoms with E-state index in [-0.39, 0.29) is 18.5 Å². The van der Waals surface area contributed by atoms with Crippen LogP contribution >= 0.6 is 0 Å². The Bertz CT molecular complexity index is 662. The maximum Gasteiger partial charge on any atom is 0.359 e. The van der Waals surface area contributed by atoms with Gasteiger partial charge >= 0.3 is 11.9 Å². The van der Waals surface area contributed by atoms with Gasteiger partial charge in [-0.05, 0) is 12.1 Å². The van der Waals surface area contributed by atoms with Crippen LogP contribution in [0, 0.1) is 0 Å². The van der Waals surface area contributed by atoms with Crippen LogP contribution in [0.15, 0.2) is 18.3 Å². The van der Waals surface area contributed by atoms with E-state index in [1.54, 1.807) is 22.7 Å². The third-order valence-electron chi connectivity index (χ3n) is 2.86. The molecule has 2 aromatic rings. The van der Waals surface area contributed by atoms with Crippen molar-refractivity contribution < 1.29 is 24.2 Å². The van der Waals surface area contributed by atoms with Crippen LogP contribution in [0.4, 0.5) is 0 Å². The van der Waals surface area contributed by atoms with Crippen LogP contribution < -0.4 is 4.74 Å². The zero-order valence-electron chi connectivity index (χ0n) is 11.1. The molecule has 0 aliphatic heterocycles. The number of esters is 1. The second kappa shape index (κ2) is 5.60. The van der Waals surface area contributed by atoms with Gasteiger partial charge in [0.15, 0.2) is 5.69 Å². The Morgan fingerprint density at radius 1 is 1.40 bits per heavy atom. The average molecular weight is 278 g/mol. The highest BCUT2D eigenvalue weighted by Gasteiger charge is 2.21. The lowest BCUT2D eigenvalue weighted by Gasteiger charge is -2.04. The summed E-state index contributed by atoms with van der Waals surface area (Å²) in [6.45, 7) is 0. The SMILES string of the molecule is COC(=O)c1nc(CCC(=O)O)n2cccc(OC)c12. The first-order valence-electron chi connectivity index (χ1n) is 5.92. The van der Waals surface area contributed by atoms with Crippen molar-refractivity contribution >= 4 is 17.5 Å². The molecule has 2 aromatic heterocycles. The molecule has 7 nitrogen and oxygen atoms in total. The molecule has 0 radical (unpaired) electrons. The Labute approximate surface area is 114 Å². The van der Waals surface area contributed by atoms with E-state index in [0.717, 1.165) is 0 Å². The number of carboxylic acid groups (broad SMARTS) is 1. The van der Waals surface area contributed by atoms with Crippen LogP contribution in [0.25, 0.3) is 5.52 Å². The molecule has 2 rings (SSSR count). The largest absolute Gasteiger partial charge is 0.494 e. The molecule has 20 heavy (non-hydrogen) atoms. The number of hydrogen-bond acceptors (Lipinski definition) is 5. The summed E-state index contributed by atoms with van der Waals surface area (Å²) in [5, 5.41) is 8.76. The van der Waals surface area contributed by atoms with Gasteiger partial charge in [-0.25, -0.2) is 9.78 Å². The highest BCUT2D eigenvalue weighted by atomic mass is 16.5. The third kappa shape index (κ3) is 2.42. The van der Waals surface area contributed by atoms with Crippen molar-refractivity contribution in [2.75, 3.05) is 14.2 Å². The highest BCUT2D eigenvalue weighted by molar-refractivity contribution is 5.97. The van der Waals surface area contributed by atoms with Gasteiger partial charge < -0.3 is 14.6 Å². The summed E-state index contributed by atoms with van der Waals surface area (Å²) in [4.78, 5) is 26.6. The summed E-state index contributed by atoms with van der Waals surface area (Å²) in [6.07, 6.45) is 1.84. The van der Waals surface area contributed by atoms with E-state index in [9.17, 15) is 9.59 Å². The molecule has 0 unspecified atom stereocenters. The van der Waals surface area contributed by atoms with Gasteiger partial charge in [0, 0.05) is 12.6 Å². The van der Waals surface area contributed by atoms with E-state index < -0.39 is 11.9 Å². The van der Waals surface area contributed by atoms with E-state index in [0.29, 0.717) is 17.1 Å².